The number of nitrogens with zero attached hydrogens (tertiary/aromatic N) is 1. The molecule has 210 valence electrons. The number of carboxylic acids is 2. The van der Waals surface area contributed by atoms with Crippen molar-refractivity contribution >= 4 is 41.0 Å². The normalized spacial score (nSPS) is 17.8. The highest BCUT2D eigenvalue weighted by Gasteiger charge is 2.39. The standard InChI is InChI=1S/C30H30Cl2N2O6/c31-24-7-4-8-25(32)23(24)18-40-22-12-9-19(10-13-22)15-26(29(36)37)33-28(35)16-21-11-14-27(30(38)39)34(21)17-20-5-2-1-3-6-20/h1-10,12-13,21,26-27H,11,14-18H2,(H,33,35)(H,36,37)(H,38,39)/t21-,26+,27+/m1/s1. The van der Waals surface area contributed by atoms with Gasteiger partial charge in [-0.25, -0.2) is 4.79 Å². The highest BCUT2D eigenvalue weighted by Crippen LogP contribution is 2.29. The van der Waals surface area contributed by atoms with Crippen LogP contribution in [-0.4, -0.2) is 51.1 Å². The molecule has 3 N–H and O–H groups in total. The Hall–Kier alpha value is -3.59. The van der Waals surface area contributed by atoms with Crippen molar-refractivity contribution in [3.8, 4) is 5.75 Å². The van der Waals surface area contributed by atoms with Gasteiger partial charge in [0.25, 0.3) is 0 Å². The quantitative estimate of drug-likeness (QED) is 0.268. The largest absolute Gasteiger partial charge is 0.489 e. The maximum absolute atomic E-state index is 12.9. The molecule has 3 atom stereocenters. The van der Waals surface area contributed by atoms with Crippen molar-refractivity contribution in [2.24, 2.45) is 0 Å². The molecule has 0 unspecified atom stereocenters. The molecule has 1 saturated heterocycles. The van der Waals surface area contributed by atoms with Crippen molar-refractivity contribution in [2.45, 2.75) is 57.0 Å². The Labute approximate surface area is 242 Å². The van der Waals surface area contributed by atoms with Crippen LogP contribution in [0.3, 0.4) is 0 Å². The van der Waals surface area contributed by atoms with Crippen LogP contribution >= 0.6 is 23.2 Å². The van der Waals surface area contributed by atoms with E-state index in [0.717, 1.165) is 5.56 Å². The lowest BCUT2D eigenvalue weighted by Gasteiger charge is -2.28. The van der Waals surface area contributed by atoms with Gasteiger partial charge in [-0.2, -0.15) is 0 Å². The van der Waals surface area contributed by atoms with Gasteiger partial charge in [0.1, 0.15) is 24.4 Å². The molecule has 0 saturated carbocycles. The second kappa shape index (κ2) is 13.7. The molecular weight excluding hydrogens is 555 g/mol. The second-order valence-electron chi connectivity index (χ2n) is 9.74. The van der Waals surface area contributed by atoms with Crippen LogP contribution in [0, 0.1) is 0 Å². The molecule has 3 aromatic carbocycles. The molecule has 1 fully saturated rings. The molecule has 1 heterocycles. The van der Waals surface area contributed by atoms with Gasteiger partial charge in [0.15, 0.2) is 0 Å². The van der Waals surface area contributed by atoms with E-state index in [0.29, 0.717) is 46.3 Å². The number of hydrogen-bond donors (Lipinski definition) is 3. The molecule has 1 amide bonds. The van der Waals surface area contributed by atoms with Gasteiger partial charge >= 0.3 is 11.9 Å². The lowest BCUT2D eigenvalue weighted by Crippen LogP contribution is -2.46. The molecule has 1 aliphatic heterocycles. The maximum atomic E-state index is 12.9. The molecular formula is C30H30Cl2N2O6. The lowest BCUT2D eigenvalue weighted by atomic mass is 10.0. The zero-order chi connectivity index (χ0) is 28.6. The van der Waals surface area contributed by atoms with Crippen LogP contribution < -0.4 is 10.1 Å². The van der Waals surface area contributed by atoms with Crippen molar-refractivity contribution in [3.05, 3.63) is 99.5 Å². The average molecular weight is 585 g/mol. The summed E-state index contributed by atoms with van der Waals surface area (Å²) in [5.41, 5.74) is 2.32. The Morgan fingerprint density at radius 2 is 1.57 bits per heavy atom. The molecule has 8 nitrogen and oxygen atoms in total. The van der Waals surface area contributed by atoms with Gasteiger partial charge in [-0.1, -0.05) is 71.7 Å². The second-order valence-corrected chi connectivity index (χ2v) is 10.6. The van der Waals surface area contributed by atoms with E-state index in [1.54, 1.807) is 42.5 Å². The number of likely N-dealkylation sites (tertiary alicyclic amines) is 1. The van der Waals surface area contributed by atoms with Crippen molar-refractivity contribution in [1.29, 1.82) is 0 Å². The van der Waals surface area contributed by atoms with E-state index in [-0.39, 0.29) is 25.5 Å². The molecule has 0 spiro atoms. The number of carbonyl (C=O) groups is 3. The Bertz CT molecular complexity index is 1320. The van der Waals surface area contributed by atoms with Crippen LogP contribution in [0.1, 0.15) is 36.0 Å². The van der Waals surface area contributed by atoms with Crippen molar-refractivity contribution < 1.29 is 29.3 Å². The van der Waals surface area contributed by atoms with E-state index in [1.165, 1.54) is 0 Å². The van der Waals surface area contributed by atoms with Crippen LogP contribution in [-0.2, 0) is 34.0 Å². The third kappa shape index (κ3) is 7.75. The summed E-state index contributed by atoms with van der Waals surface area (Å²) in [6.45, 7) is 0.575. The van der Waals surface area contributed by atoms with Gasteiger partial charge in [0.05, 0.1) is 0 Å². The number of carboxylic acid groups (broad SMARTS) is 2. The fourth-order valence-electron chi connectivity index (χ4n) is 4.91. The summed E-state index contributed by atoms with van der Waals surface area (Å²) in [4.78, 5) is 38.5. The highest BCUT2D eigenvalue weighted by atomic mass is 35.5. The van der Waals surface area contributed by atoms with Gasteiger partial charge < -0.3 is 20.3 Å². The van der Waals surface area contributed by atoms with Gasteiger partial charge in [-0.3, -0.25) is 14.5 Å². The first-order valence-electron chi connectivity index (χ1n) is 12.9. The third-order valence-corrected chi connectivity index (χ3v) is 7.71. The van der Waals surface area contributed by atoms with E-state index in [2.05, 4.69) is 5.32 Å². The summed E-state index contributed by atoms with van der Waals surface area (Å²) in [5, 5.41) is 23.1. The Morgan fingerprint density at radius 1 is 0.900 bits per heavy atom. The molecule has 0 bridgehead atoms. The summed E-state index contributed by atoms with van der Waals surface area (Å²) in [6.07, 6.45) is 1.06. The number of benzene rings is 3. The number of nitrogens with one attached hydrogen (secondary N) is 1. The predicted molar refractivity (Wildman–Crippen MR) is 152 cm³/mol. The van der Waals surface area contributed by atoms with Crippen molar-refractivity contribution in [3.63, 3.8) is 0 Å². The molecule has 0 radical (unpaired) electrons. The number of ether oxygens (including phenoxy) is 1. The van der Waals surface area contributed by atoms with Gasteiger partial charge in [-0.05, 0) is 48.2 Å². The van der Waals surface area contributed by atoms with E-state index >= 15 is 0 Å². The van der Waals surface area contributed by atoms with E-state index < -0.39 is 29.9 Å². The average Bonchev–Trinajstić information content (AvgIpc) is 3.31. The molecule has 1 aliphatic rings. The van der Waals surface area contributed by atoms with Gasteiger partial charge in [0.2, 0.25) is 5.91 Å². The van der Waals surface area contributed by atoms with Crippen LogP contribution in [0.2, 0.25) is 10.0 Å². The first-order valence-corrected chi connectivity index (χ1v) is 13.7. The minimum atomic E-state index is -1.15. The topological polar surface area (TPSA) is 116 Å². The first kappa shape index (κ1) is 29.4. The van der Waals surface area contributed by atoms with E-state index in [1.807, 2.05) is 35.2 Å². The third-order valence-electron chi connectivity index (χ3n) is 7.00. The van der Waals surface area contributed by atoms with Crippen molar-refractivity contribution in [2.75, 3.05) is 0 Å². The Balaban J connectivity index is 1.34. The summed E-state index contributed by atoms with van der Waals surface area (Å²) < 4.78 is 5.78. The zero-order valence-electron chi connectivity index (χ0n) is 21.6. The zero-order valence-corrected chi connectivity index (χ0v) is 23.1. The summed E-state index contributed by atoms with van der Waals surface area (Å²) >= 11 is 12.4. The highest BCUT2D eigenvalue weighted by molar-refractivity contribution is 6.35. The molecule has 10 heteroatoms. The fraction of sp³-hybridized carbons (Fsp3) is 0.300. The molecule has 4 rings (SSSR count). The Kier molecular flexibility index (Phi) is 10.0. The molecule has 3 aromatic rings. The van der Waals surface area contributed by atoms with Crippen LogP contribution in [0.15, 0.2) is 72.8 Å². The van der Waals surface area contributed by atoms with Crippen LogP contribution in [0.25, 0.3) is 0 Å². The predicted octanol–water partition coefficient (Wildman–Crippen LogP) is 5.19. The first-order chi connectivity index (χ1) is 19.2. The smallest absolute Gasteiger partial charge is 0.326 e. The Morgan fingerprint density at radius 3 is 2.20 bits per heavy atom. The van der Waals surface area contributed by atoms with Crippen LogP contribution in [0.5, 0.6) is 5.75 Å². The number of rotatable bonds is 12. The van der Waals surface area contributed by atoms with Gasteiger partial charge in [0, 0.05) is 41.0 Å². The maximum Gasteiger partial charge on any atom is 0.326 e. The summed E-state index contributed by atoms with van der Waals surface area (Å²) in [6, 6.07) is 19.5. The minimum Gasteiger partial charge on any atom is -0.489 e. The SMILES string of the molecule is O=C(C[C@H]1CC[C@@H](C(=O)O)N1Cc1ccccc1)N[C@@H](Cc1ccc(OCc2c(Cl)cccc2Cl)cc1)C(=O)O. The number of hydrogen-bond acceptors (Lipinski definition) is 5. The van der Waals surface area contributed by atoms with Gasteiger partial charge in [-0.15, -0.1) is 0 Å². The number of amides is 1. The lowest BCUT2D eigenvalue weighted by molar-refractivity contribution is -0.143. The summed E-state index contributed by atoms with van der Waals surface area (Å²) in [5.74, 6) is -1.95. The molecule has 0 aliphatic carbocycles. The minimum absolute atomic E-state index is 0.0117. The number of aliphatic carboxylic acids is 2. The number of carbonyl (C=O) groups excluding carboxylic acids is 1. The monoisotopic (exact) mass is 584 g/mol. The van der Waals surface area contributed by atoms with E-state index in [4.69, 9.17) is 27.9 Å². The van der Waals surface area contributed by atoms with Crippen LogP contribution in [0.4, 0.5) is 0 Å². The van der Waals surface area contributed by atoms with Crippen molar-refractivity contribution in [1.82, 2.24) is 10.2 Å². The fourth-order valence-corrected chi connectivity index (χ4v) is 5.41. The van der Waals surface area contributed by atoms with E-state index in [9.17, 15) is 24.6 Å². The molecule has 0 aromatic heterocycles. The summed E-state index contributed by atoms with van der Waals surface area (Å²) in [7, 11) is 0. The number of halogens is 2. The molecule has 40 heavy (non-hydrogen) atoms.